The van der Waals surface area contributed by atoms with E-state index < -0.39 is 12.1 Å². The number of hydrogen-bond donors (Lipinski definition) is 1. The van der Waals surface area contributed by atoms with Gasteiger partial charge in [-0.1, -0.05) is 12.1 Å². The van der Waals surface area contributed by atoms with Crippen LogP contribution in [0, 0.1) is 20.8 Å². The number of carbonyl (C=O) groups is 2. The highest BCUT2D eigenvalue weighted by Gasteiger charge is 2.19. The van der Waals surface area contributed by atoms with Gasteiger partial charge in [0.1, 0.15) is 0 Å². The number of anilines is 1. The smallest absolute Gasteiger partial charge is 0.338 e. The molecule has 1 amide bonds. The van der Waals surface area contributed by atoms with Gasteiger partial charge in [-0.2, -0.15) is 0 Å². The van der Waals surface area contributed by atoms with Crippen molar-refractivity contribution in [1.29, 1.82) is 0 Å². The molecule has 0 aliphatic carbocycles. The molecule has 0 unspecified atom stereocenters. The fourth-order valence-corrected chi connectivity index (χ4v) is 3.07. The quantitative estimate of drug-likeness (QED) is 0.663. The average molecular weight is 376 g/mol. The molecule has 2 aromatic carbocycles. The minimum absolute atomic E-state index is 0.367. The third kappa shape index (κ3) is 4.31. The van der Waals surface area contributed by atoms with E-state index in [1.807, 2.05) is 63.2 Å². The Kier molecular flexibility index (Phi) is 5.64. The van der Waals surface area contributed by atoms with Crippen LogP contribution in [0.3, 0.4) is 0 Å². The first-order valence-electron chi connectivity index (χ1n) is 9.19. The predicted octanol–water partition coefficient (Wildman–Crippen LogP) is 4.59. The first kappa shape index (κ1) is 19.4. The third-order valence-corrected chi connectivity index (χ3v) is 4.57. The summed E-state index contributed by atoms with van der Waals surface area (Å²) in [6, 6.07) is 18.7. The normalized spacial score (nSPS) is 11.7. The minimum Gasteiger partial charge on any atom is -0.449 e. The molecule has 1 atom stereocenters. The summed E-state index contributed by atoms with van der Waals surface area (Å²) in [6.45, 7) is 7.57. The highest BCUT2D eigenvalue weighted by molar-refractivity contribution is 5.97. The molecule has 0 saturated heterocycles. The van der Waals surface area contributed by atoms with Gasteiger partial charge in [-0.05, 0) is 81.8 Å². The molecule has 1 N–H and O–H groups in total. The second-order valence-corrected chi connectivity index (χ2v) is 6.90. The van der Waals surface area contributed by atoms with Gasteiger partial charge in [0.05, 0.1) is 5.56 Å². The number of hydrogen-bond acceptors (Lipinski definition) is 3. The van der Waals surface area contributed by atoms with Gasteiger partial charge in [-0.25, -0.2) is 4.79 Å². The van der Waals surface area contributed by atoms with Crippen LogP contribution in [0.5, 0.6) is 0 Å². The molecule has 1 heterocycles. The van der Waals surface area contributed by atoms with Crippen LogP contribution in [0.4, 0.5) is 5.69 Å². The van der Waals surface area contributed by atoms with Gasteiger partial charge in [0.15, 0.2) is 6.10 Å². The van der Waals surface area contributed by atoms with Crippen LogP contribution >= 0.6 is 0 Å². The molecule has 3 rings (SSSR count). The highest BCUT2D eigenvalue weighted by Crippen LogP contribution is 2.18. The summed E-state index contributed by atoms with van der Waals surface area (Å²) in [5.74, 6) is -0.895. The number of rotatable bonds is 5. The Balaban J connectivity index is 1.64. The first-order chi connectivity index (χ1) is 13.3. The SMILES string of the molecule is Cc1cccc(NC(=O)[C@@H](C)OC(=O)c2ccc(-n3c(C)ccc3C)cc2)c1. The Hall–Kier alpha value is -3.34. The zero-order valence-electron chi connectivity index (χ0n) is 16.5. The molecule has 0 radical (unpaired) electrons. The van der Waals surface area contributed by atoms with Crippen LogP contribution in [0.2, 0.25) is 0 Å². The molecule has 0 fully saturated rings. The van der Waals surface area contributed by atoms with Gasteiger partial charge in [-0.3, -0.25) is 4.79 Å². The number of amides is 1. The maximum Gasteiger partial charge on any atom is 0.338 e. The minimum atomic E-state index is -0.901. The fourth-order valence-electron chi connectivity index (χ4n) is 3.07. The van der Waals surface area contributed by atoms with Crippen molar-refractivity contribution < 1.29 is 14.3 Å². The lowest BCUT2D eigenvalue weighted by molar-refractivity contribution is -0.123. The standard InChI is InChI=1S/C23H24N2O3/c1-15-6-5-7-20(14-15)24-22(26)18(4)28-23(27)19-10-12-21(13-11-19)25-16(2)8-9-17(25)3/h5-14,18H,1-4H3,(H,24,26)/t18-/m1/s1. The number of aryl methyl sites for hydroxylation is 3. The fraction of sp³-hybridized carbons (Fsp3) is 0.217. The Morgan fingerprint density at radius 1 is 0.929 bits per heavy atom. The number of aromatic nitrogens is 1. The summed E-state index contributed by atoms with van der Waals surface area (Å²) < 4.78 is 7.43. The van der Waals surface area contributed by atoms with Crippen molar-refractivity contribution in [3.05, 3.63) is 83.2 Å². The molecule has 1 aromatic heterocycles. The van der Waals surface area contributed by atoms with Gasteiger partial charge in [0.2, 0.25) is 0 Å². The molecule has 0 saturated carbocycles. The molecule has 0 aliphatic heterocycles. The van der Waals surface area contributed by atoms with Gasteiger partial charge in [0.25, 0.3) is 5.91 Å². The van der Waals surface area contributed by atoms with Crippen molar-refractivity contribution in [2.45, 2.75) is 33.8 Å². The molecule has 144 valence electrons. The van der Waals surface area contributed by atoms with Gasteiger partial charge >= 0.3 is 5.97 Å². The Morgan fingerprint density at radius 2 is 1.57 bits per heavy atom. The van der Waals surface area contributed by atoms with E-state index >= 15 is 0 Å². The summed E-state index contributed by atoms with van der Waals surface area (Å²) in [5, 5.41) is 2.76. The molecular formula is C23H24N2O3. The lowest BCUT2D eigenvalue weighted by Gasteiger charge is -2.14. The lowest BCUT2D eigenvalue weighted by atomic mass is 10.2. The Bertz CT molecular complexity index is 983. The first-order valence-corrected chi connectivity index (χ1v) is 9.19. The van der Waals surface area contributed by atoms with E-state index in [4.69, 9.17) is 4.74 Å². The van der Waals surface area contributed by atoms with E-state index in [1.165, 1.54) is 0 Å². The maximum atomic E-state index is 12.4. The molecule has 3 aromatic rings. The van der Waals surface area contributed by atoms with Crippen LogP contribution in [0.25, 0.3) is 5.69 Å². The number of esters is 1. The van der Waals surface area contributed by atoms with Crippen molar-refractivity contribution in [3.8, 4) is 5.69 Å². The number of benzene rings is 2. The topological polar surface area (TPSA) is 60.3 Å². The molecule has 0 bridgehead atoms. The number of nitrogens with one attached hydrogen (secondary N) is 1. The summed E-state index contributed by atoms with van der Waals surface area (Å²) >= 11 is 0. The van der Waals surface area contributed by atoms with E-state index in [2.05, 4.69) is 9.88 Å². The second kappa shape index (κ2) is 8.13. The Morgan fingerprint density at radius 3 is 2.18 bits per heavy atom. The van der Waals surface area contributed by atoms with Gasteiger partial charge < -0.3 is 14.6 Å². The number of nitrogens with zero attached hydrogens (tertiary/aromatic N) is 1. The summed E-state index contributed by atoms with van der Waals surface area (Å²) in [5.41, 5.74) is 5.33. The average Bonchev–Trinajstić information content (AvgIpc) is 3.00. The molecule has 0 spiro atoms. The number of ether oxygens (including phenoxy) is 1. The van der Waals surface area contributed by atoms with Crippen molar-refractivity contribution in [3.63, 3.8) is 0 Å². The van der Waals surface area contributed by atoms with E-state index in [9.17, 15) is 9.59 Å². The van der Waals surface area contributed by atoms with E-state index in [0.29, 0.717) is 11.3 Å². The van der Waals surface area contributed by atoms with Crippen molar-refractivity contribution in [1.82, 2.24) is 4.57 Å². The summed E-state index contributed by atoms with van der Waals surface area (Å²) in [7, 11) is 0. The van der Waals surface area contributed by atoms with Crippen LogP contribution in [-0.2, 0) is 9.53 Å². The molecule has 5 heteroatoms. The lowest BCUT2D eigenvalue weighted by Crippen LogP contribution is -2.30. The van der Waals surface area contributed by atoms with Crippen LogP contribution in [0.15, 0.2) is 60.7 Å². The largest absolute Gasteiger partial charge is 0.449 e. The van der Waals surface area contributed by atoms with Crippen molar-refractivity contribution in [2.24, 2.45) is 0 Å². The molecule has 28 heavy (non-hydrogen) atoms. The molecule has 0 aliphatic rings. The monoisotopic (exact) mass is 376 g/mol. The van der Waals surface area contributed by atoms with Crippen LogP contribution in [-0.4, -0.2) is 22.5 Å². The molecule has 5 nitrogen and oxygen atoms in total. The number of carbonyl (C=O) groups excluding carboxylic acids is 2. The molecular weight excluding hydrogens is 352 g/mol. The van der Waals surface area contributed by atoms with Crippen LogP contribution < -0.4 is 5.32 Å². The Labute approximate surface area is 165 Å². The van der Waals surface area contributed by atoms with E-state index in [1.54, 1.807) is 25.1 Å². The van der Waals surface area contributed by atoms with E-state index in [-0.39, 0.29) is 5.91 Å². The highest BCUT2D eigenvalue weighted by atomic mass is 16.5. The predicted molar refractivity (Wildman–Crippen MR) is 110 cm³/mol. The van der Waals surface area contributed by atoms with Gasteiger partial charge in [-0.15, -0.1) is 0 Å². The maximum absolute atomic E-state index is 12.4. The van der Waals surface area contributed by atoms with Crippen molar-refractivity contribution in [2.75, 3.05) is 5.32 Å². The van der Waals surface area contributed by atoms with Crippen molar-refractivity contribution >= 4 is 17.6 Å². The van der Waals surface area contributed by atoms with Gasteiger partial charge in [0, 0.05) is 22.8 Å². The second-order valence-electron chi connectivity index (χ2n) is 6.90. The summed E-state index contributed by atoms with van der Waals surface area (Å²) in [4.78, 5) is 24.7. The van der Waals surface area contributed by atoms with E-state index in [0.717, 1.165) is 22.6 Å². The summed E-state index contributed by atoms with van der Waals surface area (Å²) in [6.07, 6.45) is -0.901. The zero-order chi connectivity index (χ0) is 20.3. The van der Waals surface area contributed by atoms with Crippen LogP contribution in [0.1, 0.15) is 34.2 Å². The zero-order valence-corrected chi connectivity index (χ0v) is 16.5. The third-order valence-electron chi connectivity index (χ3n) is 4.57.